The number of carbonyl (C=O) groups is 1. The number of nitrogens with one attached hydrogen (secondary N) is 1. The fourth-order valence-electron chi connectivity index (χ4n) is 2.34. The maximum absolute atomic E-state index is 12.5. The molecule has 3 N–H and O–H groups in total. The van der Waals surface area contributed by atoms with Gasteiger partial charge in [0.15, 0.2) is 5.13 Å². The second kappa shape index (κ2) is 6.41. The lowest BCUT2D eigenvalue weighted by atomic mass is 10.3. The van der Waals surface area contributed by atoms with Crippen molar-refractivity contribution in [2.45, 2.75) is 26.8 Å². The molecule has 2 rings (SSSR count). The van der Waals surface area contributed by atoms with Crippen molar-refractivity contribution in [2.75, 3.05) is 43.4 Å². The predicted molar refractivity (Wildman–Crippen MR) is 83.5 cm³/mol. The van der Waals surface area contributed by atoms with Crippen molar-refractivity contribution in [3.05, 3.63) is 4.88 Å². The average Bonchev–Trinajstić information content (AvgIpc) is 2.82. The Morgan fingerprint density at radius 3 is 2.70 bits per heavy atom. The highest BCUT2D eigenvalue weighted by atomic mass is 32.1. The fourth-order valence-corrected chi connectivity index (χ4v) is 3.33. The van der Waals surface area contributed by atoms with Gasteiger partial charge in [-0.3, -0.25) is 4.79 Å². The largest absolute Gasteiger partial charge is 0.382 e. The highest BCUT2D eigenvalue weighted by molar-refractivity contribution is 7.18. The third kappa shape index (κ3) is 3.04. The number of rotatable bonds is 4. The molecule has 1 aliphatic heterocycles. The minimum Gasteiger partial charge on any atom is -0.382 e. The van der Waals surface area contributed by atoms with Crippen LogP contribution in [-0.4, -0.2) is 54.6 Å². The lowest BCUT2D eigenvalue weighted by Crippen LogP contribution is -2.43. The summed E-state index contributed by atoms with van der Waals surface area (Å²) in [4.78, 5) is 21.5. The minimum atomic E-state index is -0.0149. The van der Waals surface area contributed by atoms with Crippen LogP contribution in [-0.2, 0) is 0 Å². The van der Waals surface area contributed by atoms with Gasteiger partial charge in [0.25, 0.3) is 5.91 Å². The molecular weight excluding hydrogens is 274 g/mol. The summed E-state index contributed by atoms with van der Waals surface area (Å²) in [6, 6.07) is 0.164. The van der Waals surface area contributed by atoms with Gasteiger partial charge in [-0.1, -0.05) is 11.3 Å². The first-order chi connectivity index (χ1) is 9.54. The molecule has 20 heavy (non-hydrogen) atoms. The molecule has 0 aliphatic carbocycles. The number of aromatic nitrogens is 1. The van der Waals surface area contributed by atoms with E-state index in [1.54, 1.807) is 0 Å². The average molecular weight is 297 g/mol. The Morgan fingerprint density at radius 2 is 2.15 bits per heavy atom. The molecule has 0 bridgehead atoms. The molecule has 1 aromatic rings. The molecule has 0 atom stereocenters. The Hall–Kier alpha value is -1.34. The van der Waals surface area contributed by atoms with E-state index in [4.69, 9.17) is 5.73 Å². The van der Waals surface area contributed by atoms with Crippen LogP contribution in [0.4, 0.5) is 10.9 Å². The zero-order chi connectivity index (χ0) is 14.7. The quantitative estimate of drug-likeness (QED) is 0.867. The molecule has 0 saturated carbocycles. The summed E-state index contributed by atoms with van der Waals surface area (Å²) in [6.45, 7) is 10.4. The first kappa shape index (κ1) is 15.1. The number of carbonyl (C=O) groups excluding carboxylic acids is 1. The van der Waals surface area contributed by atoms with Crippen LogP contribution in [0.3, 0.4) is 0 Å². The van der Waals surface area contributed by atoms with Crippen LogP contribution in [0.1, 0.15) is 30.4 Å². The molecule has 6 nitrogen and oxygen atoms in total. The van der Waals surface area contributed by atoms with Gasteiger partial charge in [0.05, 0.1) is 0 Å². The van der Waals surface area contributed by atoms with Crippen molar-refractivity contribution in [3.8, 4) is 0 Å². The van der Waals surface area contributed by atoms with Crippen molar-refractivity contribution in [1.82, 2.24) is 15.2 Å². The van der Waals surface area contributed by atoms with Crippen LogP contribution in [0.25, 0.3) is 0 Å². The molecule has 7 heteroatoms. The van der Waals surface area contributed by atoms with Crippen molar-refractivity contribution in [2.24, 2.45) is 0 Å². The number of nitrogen functional groups attached to an aromatic ring is 1. The molecule has 1 saturated heterocycles. The van der Waals surface area contributed by atoms with Gasteiger partial charge in [0, 0.05) is 38.8 Å². The Balaban J connectivity index is 2.20. The Labute approximate surface area is 124 Å². The molecular formula is C13H23N5OS. The summed E-state index contributed by atoms with van der Waals surface area (Å²) in [6.07, 6.45) is 0. The smallest absolute Gasteiger partial charge is 0.268 e. The van der Waals surface area contributed by atoms with Crippen molar-refractivity contribution in [1.29, 1.82) is 0 Å². The molecule has 112 valence electrons. The Morgan fingerprint density at radius 1 is 1.50 bits per heavy atom. The van der Waals surface area contributed by atoms with Crippen LogP contribution in [0.5, 0.6) is 0 Å². The van der Waals surface area contributed by atoms with E-state index in [0.717, 1.165) is 31.3 Å². The normalized spacial score (nSPS) is 15.7. The summed E-state index contributed by atoms with van der Waals surface area (Å²) < 4.78 is 0. The van der Waals surface area contributed by atoms with Crippen molar-refractivity contribution >= 4 is 28.2 Å². The molecule has 0 spiro atoms. The fraction of sp³-hybridized carbons (Fsp3) is 0.692. The van der Waals surface area contributed by atoms with E-state index in [1.165, 1.54) is 11.3 Å². The molecule has 1 amide bonds. The number of piperazine rings is 1. The highest BCUT2D eigenvalue weighted by Gasteiger charge is 2.25. The van der Waals surface area contributed by atoms with Gasteiger partial charge >= 0.3 is 0 Å². The lowest BCUT2D eigenvalue weighted by molar-refractivity contribution is 0.0722. The number of nitrogens with zero attached hydrogens (tertiary/aromatic N) is 3. The number of thiazole rings is 1. The maximum Gasteiger partial charge on any atom is 0.268 e. The van der Waals surface area contributed by atoms with Crippen LogP contribution in [0.15, 0.2) is 0 Å². The Bertz CT molecular complexity index is 467. The number of nitrogens with two attached hydrogens (primary N) is 1. The number of anilines is 2. The predicted octanol–water partition coefficient (Wildman–Crippen LogP) is 1.01. The van der Waals surface area contributed by atoms with E-state index in [0.29, 0.717) is 17.2 Å². The SMILES string of the molecule is CCN(C(=O)c1sc(N2CCNCC2)nc1N)C(C)C. The van der Waals surface area contributed by atoms with E-state index < -0.39 is 0 Å². The monoisotopic (exact) mass is 297 g/mol. The summed E-state index contributed by atoms with van der Waals surface area (Å²) in [7, 11) is 0. The summed E-state index contributed by atoms with van der Waals surface area (Å²) >= 11 is 1.41. The van der Waals surface area contributed by atoms with Crippen LogP contribution in [0, 0.1) is 0 Å². The van der Waals surface area contributed by atoms with Gasteiger partial charge in [-0.15, -0.1) is 0 Å². The first-order valence-electron chi connectivity index (χ1n) is 7.07. The molecule has 0 radical (unpaired) electrons. The molecule has 0 unspecified atom stereocenters. The number of hydrogen-bond donors (Lipinski definition) is 2. The lowest BCUT2D eigenvalue weighted by Gasteiger charge is -2.26. The molecule has 1 aromatic heterocycles. The topological polar surface area (TPSA) is 74.5 Å². The van der Waals surface area contributed by atoms with E-state index in [9.17, 15) is 4.79 Å². The second-order valence-corrected chi connectivity index (χ2v) is 6.11. The van der Waals surface area contributed by atoms with Gasteiger partial charge in [0.1, 0.15) is 10.7 Å². The van der Waals surface area contributed by atoms with E-state index >= 15 is 0 Å². The summed E-state index contributed by atoms with van der Waals surface area (Å²) in [5.41, 5.74) is 5.95. The van der Waals surface area contributed by atoms with Gasteiger partial charge in [-0.05, 0) is 20.8 Å². The molecule has 2 heterocycles. The molecule has 1 fully saturated rings. The van der Waals surface area contributed by atoms with E-state index in [2.05, 4.69) is 15.2 Å². The number of hydrogen-bond acceptors (Lipinski definition) is 6. The van der Waals surface area contributed by atoms with Crippen LogP contribution >= 0.6 is 11.3 Å². The maximum atomic E-state index is 12.5. The first-order valence-corrected chi connectivity index (χ1v) is 7.89. The van der Waals surface area contributed by atoms with Crippen molar-refractivity contribution < 1.29 is 4.79 Å². The molecule has 0 aromatic carbocycles. The van der Waals surface area contributed by atoms with Gasteiger partial charge < -0.3 is 20.9 Å². The summed E-state index contributed by atoms with van der Waals surface area (Å²) in [5, 5.41) is 4.15. The number of amides is 1. The standard InChI is InChI=1S/C13H23N5OS/c1-4-18(9(2)3)12(19)10-11(14)16-13(20-10)17-7-5-15-6-8-17/h9,15H,4-8,14H2,1-3H3. The zero-order valence-electron chi connectivity index (χ0n) is 12.3. The third-order valence-corrected chi connectivity index (χ3v) is 4.57. The van der Waals surface area contributed by atoms with E-state index in [-0.39, 0.29) is 11.9 Å². The third-order valence-electron chi connectivity index (χ3n) is 3.45. The highest BCUT2D eigenvalue weighted by Crippen LogP contribution is 2.29. The summed E-state index contributed by atoms with van der Waals surface area (Å²) in [5.74, 6) is 0.339. The van der Waals surface area contributed by atoms with Gasteiger partial charge in [-0.2, -0.15) is 0 Å². The zero-order valence-corrected chi connectivity index (χ0v) is 13.2. The van der Waals surface area contributed by atoms with E-state index in [1.807, 2.05) is 25.7 Å². The van der Waals surface area contributed by atoms with Gasteiger partial charge in [-0.25, -0.2) is 4.98 Å². The minimum absolute atomic E-state index is 0.0149. The van der Waals surface area contributed by atoms with Gasteiger partial charge in [0.2, 0.25) is 0 Å². The van der Waals surface area contributed by atoms with Crippen molar-refractivity contribution in [3.63, 3.8) is 0 Å². The Kier molecular flexibility index (Phi) is 4.82. The molecule has 1 aliphatic rings. The van der Waals surface area contributed by atoms with Crippen LogP contribution in [0.2, 0.25) is 0 Å². The van der Waals surface area contributed by atoms with Crippen LogP contribution < -0.4 is 16.0 Å². The second-order valence-electron chi connectivity index (χ2n) is 5.13.